The first-order valence-corrected chi connectivity index (χ1v) is 12.6. The Morgan fingerprint density at radius 3 is 1.78 bits per heavy atom. The molecule has 0 saturated carbocycles. The molecule has 0 radical (unpaired) electrons. The fourth-order valence-corrected chi connectivity index (χ4v) is 5.19. The first-order valence-electron chi connectivity index (χ1n) is 12.6. The van der Waals surface area contributed by atoms with Gasteiger partial charge in [-0.25, -0.2) is 15.0 Å². The summed E-state index contributed by atoms with van der Waals surface area (Å²) >= 11 is 0. The van der Waals surface area contributed by atoms with E-state index in [1.54, 1.807) is 0 Å². The summed E-state index contributed by atoms with van der Waals surface area (Å²) in [5.74, 6) is 2.02. The molecular weight excluding hydrogens is 452 g/mol. The molecular formula is C33H24N4. The van der Waals surface area contributed by atoms with Crippen molar-refractivity contribution in [2.45, 2.75) is 12.5 Å². The van der Waals surface area contributed by atoms with Gasteiger partial charge in [0.15, 0.2) is 17.5 Å². The molecule has 2 heterocycles. The van der Waals surface area contributed by atoms with Gasteiger partial charge in [-0.15, -0.1) is 0 Å². The third-order valence-electron chi connectivity index (χ3n) is 6.96. The Kier molecular flexibility index (Phi) is 5.21. The summed E-state index contributed by atoms with van der Waals surface area (Å²) in [5.41, 5.74) is 5.34. The van der Waals surface area contributed by atoms with E-state index in [1.807, 2.05) is 60.7 Å². The fraction of sp³-hybridized carbons (Fsp3) is 0.0606. The van der Waals surface area contributed by atoms with Gasteiger partial charge in [0.05, 0.1) is 11.6 Å². The van der Waals surface area contributed by atoms with Crippen LogP contribution >= 0.6 is 0 Å². The molecule has 4 nitrogen and oxygen atoms in total. The van der Waals surface area contributed by atoms with Crippen molar-refractivity contribution in [2.75, 3.05) is 0 Å². The van der Waals surface area contributed by atoms with Crippen molar-refractivity contribution < 1.29 is 0 Å². The summed E-state index contributed by atoms with van der Waals surface area (Å²) in [6, 6.07) is 35.7. The Balaban J connectivity index is 1.46. The van der Waals surface area contributed by atoms with E-state index in [0.717, 1.165) is 23.1 Å². The smallest absolute Gasteiger partial charge is 0.164 e. The van der Waals surface area contributed by atoms with Gasteiger partial charge in [0.25, 0.3) is 0 Å². The van der Waals surface area contributed by atoms with E-state index in [9.17, 15) is 0 Å². The van der Waals surface area contributed by atoms with E-state index in [2.05, 4.69) is 71.3 Å². The number of aromatic nitrogens is 4. The van der Waals surface area contributed by atoms with Crippen molar-refractivity contribution in [3.63, 3.8) is 0 Å². The summed E-state index contributed by atoms with van der Waals surface area (Å²) in [4.78, 5) is 14.7. The molecule has 37 heavy (non-hydrogen) atoms. The lowest BCUT2D eigenvalue weighted by Gasteiger charge is -2.18. The summed E-state index contributed by atoms with van der Waals surface area (Å²) in [6.07, 6.45) is 9.75. The molecule has 1 aliphatic carbocycles. The average molecular weight is 477 g/mol. The molecule has 1 atom stereocenters. The molecule has 4 aromatic carbocycles. The molecule has 0 amide bonds. The molecule has 7 rings (SSSR count). The molecule has 0 aliphatic heterocycles. The summed E-state index contributed by atoms with van der Waals surface area (Å²) in [5, 5.41) is 2.50. The first-order chi connectivity index (χ1) is 18.3. The van der Waals surface area contributed by atoms with Crippen LogP contribution in [0.4, 0.5) is 0 Å². The second-order valence-electron chi connectivity index (χ2n) is 9.27. The Bertz CT molecular complexity index is 1740. The number of allylic oxidation sites excluding steroid dienone is 4. The molecule has 1 aliphatic rings. The lowest BCUT2D eigenvalue weighted by molar-refractivity contribution is 0.648. The zero-order valence-electron chi connectivity index (χ0n) is 20.2. The molecule has 176 valence electrons. The van der Waals surface area contributed by atoms with Crippen molar-refractivity contribution in [1.82, 2.24) is 19.5 Å². The number of hydrogen-bond donors (Lipinski definition) is 0. The predicted molar refractivity (Wildman–Crippen MR) is 151 cm³/mol. The molecule has 0 bridgehead atoms. The maximum absolute atomic E-state index is 4.95. The molecule has 0 spiro atoms. The van der Waals surface area contributed by atoms with Gasteiger partial charge in [-0.2, -0.15) is 0 Å². The molecule has 0 fully saturated rings. The normalized spacial score (nSPS) is 15.0. The van der Waals surface area contributed by atoms with Gasteiger partial charge in [0.2, 0.25) is 0 Å². The highest BCUT2D eigenvalue weighted by molar-refractivity contribution is 6.09. The summed E-state index contributed by atoms with van der Waals surface area (Å²) in [7, 11) is 0. The first kappa shape index (κ1) is 21.5. The monoisotopic (exact) mass is 476 g/mol. The van der Waals surface area contributed by atoms with Crippen molar-refractivity contribution in [1.29, 1.82) is 0 Å². The molecule has 1 unspecified atom stereocenters. The Hall–Kier alpha value is -4.83. The van der Waals surface area contributed by atoms with Gasteiger partial charge in [-0.05, 0) is 18.6 Å². The van der Waals surface area contributed by atoms with Crippen LogP contribution in [0.25, 0.3) is 56.0 Å². The standard InChI is InChI=1S/C33H24N4/c1-4-12-23(13-5-1)31-34-32(24-14-6-2-7-15-24)36-33(35-31)25-20-21-28-27-18-10-11-19-29(27)37(30(28)22-25)26-16-8-3-9-17-26/h1-16,18-22,26H,17H2. The lowest BCUT2D eigenvalue weighted by atomic mass is 10.1. The maximum atomic E-state index is 4.95. The van der Waals surface area contributed by atoms with Crippen LogP contribution in [-0.2, 0) is 0 Å². The van der Waals surface area contributed by atoms with Crippen LogP contribution in [0.5, 0.6) is 0 Å². The lowest BCUT2D eigenvalue weighted by Crippen LogP contribution is -2.07. The third-order valence-corrected chi connectivity index (χ3v) is 6.96. The Labute approximate surface area is 215 Å². The number of fused-ring (bicyclic) bond motifs is 3. The molecule has 2 aromatic heterocycles. The van der Waals surface area contributed by atoms with Crippen LogP contribution in [0.3, 0.4) is 0 Å². The number of para-hydroxylation sites is 1. The predicted octanol–water partition coefficient (Wildman–Crippen LogP) is 8.04. The average Bonchev–Trinajstić information content (AvgIpc) is 3.32. The van der Waals surface area contributed by atoms with Crippen molar-refractivity contribution in [3.05, 3.63) is 127 Å². The van der Waals surface area contributed by atoms with E-state index in [4.69, 9.17) is 15.0 Å². The van der Waals surface area contributed by atoms with Gasteiger partial charge in [-0.3, -0.25) is 0 Å². The van der Waals surface area contributed by atoms with Crippen molar-refractivity contribution in [2.24, 2.45) is 0 Å². The van der Waals surface area contributed by atoms with E-state index < -0.39 is 0 Å². The summed E-state index contributed by atoms with van der Waals surface area (Å²) < 4.78 is 2.45. The van der Waals surface area contributed by atoms with Crippen molar-refractivity contribution in [3.8, 4) is 34.2 Å². The van der Waals surface area contributed by atoms with Crippen LogP contribution in [0.2, 0.25) is 0 Å². The second kappa shape index (κ2) is 8.99. The fourth-order valence-electron chi connectivity index (χ4n) is 5.19. The zero-order valence-corrected chi connectivity index (χ0v) is 20.2. The van der Waals surface area contributed by atoms with E-state index in [0.29, 0.717) is 17.5 Å². The molecule has 6 aromatic rings. The largest absolute Gasteiger partial charge is 0.333 e. The van der Waals surface area contributed by atoms with E-state index >= 15 is 0 Å². The highest BCUT2D eigenvalue weighted by Gasteiger charge is 2.19. The van der Waals surface area contributed by atoms with Gasteiger partial charge >= 0.3 is 0 Å². The molecule has 0 saturated heterocycles. The van der Waals surface area contributed by atoms with Crippen LogP contribution in [-0.4, -0.2) is 19.5 Å². The maximum Gasteiger partial charge on any atom is 0.164 e. The highest BCUT2D eigenvalue weighted by atomic mass is 15.0. The van der Waals surface area contributed by atoms with E-state index in [1.165, 1.54) is 21.8 Å². The minimum absolute atomic E-state index is 0.265. The molecule has 0 N–H and O–H groups in total. The van der Waals surface area contributed by atoms with E-state index in [-0.39, 0.29) is 6.04 Å². The number of rotatable bonds is 4. The minimum Gasteiger partial charge on any atom is -0.333 e. The summed E-state index contributed by atoms with van der Waals surface area (Å²) in [6.45, 7) is 0. The quantitative estimate of drug-likeness (QED) is 0.259. The number of benzene rings is 4. The Morgan fingerprint density at radius 2 is 1.14 bits per heavy atom. The van der Waals surface area contributed by atoms with Crippen molar-refractivity contribution >= 4 is 21.8 Å². The third kappa shape index (κ3) is 3.83. The van der Waals surface area contributed by atoms with Crippen LogP contribution < -0.4 is 0 Å². The van der Waals surface area contributed by atoms with Gasteiger partial charge < -0.3 is 4.57 Å². The molecule has 4 heteroatoms. The van der Waals surface area contributed by atoms with Gasteiger partial charge in [-0.1, -0.05) is 115 Å². The Morgan fingerprint density at radius 1 is 0.541 bits per heavy atom. The van der Waals surface area contributed by atoms with Crippen LogP contribution in [0.15, 0.2) is 127 Å². The minimum atomic E-state index is 0.265. The second-order valence-corrected chi connectivity index (χ2v) is 9.27. The van der Waals surface area contributed by atoms with Gasteiger partial charge in [0.1, 0.15) is 0 Å². The van der Waals surface area contributed by atoms with Crippen LogP contribution in [0.1, 0.15) is 12.5 Å². The van der Waals surface area contributed by atoms with Crippen LogP contribution in [0, 0.1) is 0 Å². The number of nitrogens with zero attached hydrogens (tertiary/aromatic N) is 4. The number of hydrogen-bond acceptors (Lipinski definition) is 3. The van der Waals surface area contributed by atoms with Gasteiger partial charge in [0, 0.05) is 33.0 Å². The highest BCUT2D eigenvalue weighted by Crippen LogP contribution is 2.36. The SMILES string of the molecule is C1=CCC(n2c3ccccc3c3ccc(-c4nc(-c5ccccc5)nc(-c5ccccc5)n4)cc32)C=C1. The zero-order chi connectivity index (χ0) is 24.6. The topological polar surface area (TPSA) is 43.6 Å².